The van der Waals surface area contributed by atoms with Gasteiger partial charge in [0.2, 0.25) is 0 Å². The van der Waals surface area contributed by atoms with Crippen LogP contribution >= 0.6 is 0 Å². The van der Waals surface area contributed by atoms with Crippen molar-refractivity contribution in [3.63, 3.8) is 0 Å². The molecule has 2 unspecified atom stereocenters. The van der Waals surface area contributed by atoms with Gasteiger partial charge in [-0.3, -0.25) is 0 Å². The quantitative estimate of drug-likeness (QED) is 0.878. The Morgan fingerprint density at radius 2 is 2.05 bits per heavy atom. The molecule has 0 spiro atoms. The molecule has 2 atom stereocenters. The molecule has 0 aromatic heterocycles. The second-order valence-corrected chi connectivity index (χ2v) is 6.20. The Morgan fingerprint density at radius 1 is 1.25 bits per heavy atom. The van der Waals surface area contributed by atoms with Crippen LogP contribution in [0.15, 0.2) is 24.3 Å². The second-order valence-electron chi connectivity index (χ2n) is 6.20. The minimum Gasteiger partial charge on any atom is -0.324 e. The van der Waals surface area contributed by atoms with E-state index in [2.05, 4.69) is 43.0 Å². The fraction of sp³-hybridized carbons (Fsp3) is 0.667. The molecule has 2 rings (SSSR count). The van der Waals surface area contributed by atoms with Gasteiger partial charge in [0.05, 0.1) is 0 Å². The van der Waals surface area contributed by atoms with Crippen molar-refractivity contribution in [3.8, 4) is 0 Å². The molecule has 1 fully saturated rings. The molecule has 20 heavy (non-hydrogen) atoms. The van der Waals surface area contributed by atoms with E-state index < -0.39 is 0 Å². The fourth-order valence-electron chi connectivity index (χ4n) is 3.46. The predicted octanol–water partition coefficient (Wildman–Crippen LogP) is 4.04. The average Bonchev–Trinajstić information content (AvgIpc) is 2.70. The average molecular weight is 274 g/mol. The van der Waals surface area contributed by atoms with Crippen molar-refractivity contribution in [2.24, 2.45) is 5.73 Å². The molecule has 0 radical (unpaired) electrons. The van der Waals surface area contributed by atoms with Crippen LogP contribution < -0.4 is 5.73 Å². The van der Waals surface area contributed by atoms with Gasteiger partial charge in [-0.1, -0.05) is 44.0 Å². The van der Waals surface area contributed by atoms with Crippen molar-refractivity contribution in [2.75, 3.05) is 13.1 Å². The van der Waals surface area contributed by atoms with Gasteiger partial charge in [0, 0.05) is 18.6 Å². The lowest BCUT2D eigenvalue weighted by Crippen LogP contribution is -2.36. The minimum absolute atomic E-state index is 0.178. The van der Waals surface area contributed by atoms with Crippen LogP contribution in [-0.2, 0) is 0 Å². The highest BCUT2D eigenvalue weighted by molar-refractivity contribution is 5.28. The van der Waals surface area contributed by atoms with Crippen molar-refractivity contribution >= 4 is 0 Å². The Hall–Kier alpha value is -0.860. The number of hydrogen-bond donors (Lipinski definition) is 1. The molecule has 1 aromatic rings. The van der Waals surface area contributed by atoms with E-state index in [1.54, 1.807) is 0 Å². The van der Waals surface area contributed by atoms with Gasteiger partial charge in [-0.25, -0.2) is 0 Å². The molecule has 112 valence electrons. The smallest absolute Gasteiger partial charge is 0.0309 e. The van der Waals surface area contributed by atoms with Crippen molar-refractivity contribution in [2.45, 2.75) is 64.5 Å². The van der Waals surface area contributed by atoms with Gasteiger partial charge in [-0.2, -0.15) is 0 Å². The number of likely N-dealkylation sites (tertiary alicyclic amines) is 1. The summed E-state index contributed by atoms with van der Waals surface area (Å²) in [4.78, 5) is 2.69. The number of nitrogens with zero attached hydrogens (tertiary/aromatic N) is 1. The van der Waals surface area contributed by atoms with Gasteiger partial charge >= 0.3 is 0 Å². The molecule has 0 bridgehead atoms. The summed E-state index contributed by atoms with van der Waals surface area (Å²) < 4.78 is 0. The molecule has 1 aliphatic rings. The first-order valence-electron chi connectivity index (χ1n) is 8.27. The van der Waals surface area contributed by atoms with E-state index in [0.717, 1.165) is 19.0 Å². The first-order chi connectivity index (χ1) is 9.72. The van der Waals surface area contributed by atoms with Crippen LogP contribution in [0.25, 0.3) is 0 Å². The SMILES string of the molecule is CCC1CCCCCN1CCC(N)c1ccccc1C. The summed E-state index contributed by atoms with van der Waals surface area (Å²) in [6.45, 7) is 6.90. The Morgan fingerprint density at radius 3 is 2.80 bits per heavy atom. The van der Waals surface area contributed by atoms with E-state index in [-0.39, 0.29) is 6.04 Å². The number of benzene rings is 1. The number of rotatable bonds is 5. The highest BCUT2D eigenvalue weighted by Crippen LogP contribution is 2.22. The predicted molar refractivity (Wildman–Crippen MR) is 86.8 cm³/mol. The molecule has 0 amide bonds. The summed E-state index contributed by atoms with van der Waals surface area (Å²) >= 11 is 0. The normalized spacial score (nSPS) is 22.4. The lowest BCUT2D eigenvalue weighted by molar-refractivity contribution is 0.188. The van der Waals surface area contributed by atoms with Gasteiger partial charge < -0.3 is 10.6 Å². The van der Waals surface area contributed by atoms with Crippen LogP contribution in [-0.4, -0.2) is 24.0 Å². The Labute approximate surface area is 124 Å². The zero-order chi connectivity index (χ0) is 14.4. The van der Waals surface area contributed by atoms with E-state index >= 15 is 0 Å². The summed E-state index contributed by atoms with van der Waals surface area (Å²) in [5.41, 5.74) is 9.05. The maximum absolute atomic E-state index is 6.41. The summed E-state index contributed by atoms with van der Waals surface area (Å²) in [5.74, 6) is 0. The maximum atomic E-state index is 6.41. The van der Waals surface area contributed by atoms with Crippen LogP contribution in [0.5, 0.6) is 0 Å². The molecular formula is C18H30N2. The first kappa shape index (κ1) is 15.5. The van der Waals surface area contributed by atoms with E-state index in [4.69, 9.17) is 5.73 Å². The maximum Gasteiger partial charge on any atom is 0.0309 e. The molecule has 2 N–H and O–H groups in total. The van der Waals surface area contributed by atoms with Crippen molar-refractivity contribution < 1.29 is 0 Å². The van der Waals surface area contributed by atoms with Crippen molar-refractivity contribution in [3.05, 3.63) is 35.4 Å². The van der Waals surface area contributed by atoms with Crippen LogP contribution in [0.1, 0.15) is 62.6 Å². The molecule has 2 nitrogen and oxygen atoms in total. The summed E-state index contributed by atoms with van der Waals surface area (Å²) in [7, 11) is 0. The van der Waals surface area contributed by atoms with Crippen molar-refractivity contribution in [1.82, 2.24) is 4.90 Å². The molecule has 0 aliphatic carbocycles. The van der Waals surface area contributed by atoms with Gasteiger partial charge in [0.1, 0.15) is 0 Å². The zero-order valence-electron chi connectivity index (χ0n) is 13.1. The van der Waals surface area contributed by atoms with E-state index in [1.165, 1.54) is 49.8 Å². The lowest BCUT2D eigenvalue weighted by Gasteiger charge is -2.30. The number of aryl methyl sites for hydroxylation is 1. The Balaban J connectivity index is 1.91. The highest BCUT2D eigenvalue weighted by Gasteiger charge is 2.20. The van der Waals surface area contributed by atoms with Crippen LogP contribution in [0, 0.1) is 6.92 Å². The molecule has 2 heteroatoms. The third-order valence-corrected chi connectivity index (χ3v) is 4.79. The Kier molecular flexibility index (Phi) is 6.06. The van der Waals surface area contributed by atoms with Crippen LogP contribution in [0.2, 0.25) is 0 Å². The summed E-state index contributed by atoms with van der Waals surface area (Å²) in [6, 6.07) is 9.49. The second kappa shape index (κ2) is 7.80. The molecule has 1 heterocycles. The highest BCUT2D eigenvalue weighted by atomic mass is 15.2. The molecule has 1 aliphatic heterocycles. The number of hydrogen-bond acceptors (Lipinski definition) is 2. The summed E-state index contributed by atoms with van der Waals surface area (Å²) in [5, 5.41) is 0. The summed E-state index contributed by atoms with van der Waals surface area (Å²) in [6.07, 6.45) is 7.88. The van der Waals surface area contributed by atoms with Gasteiger partial charge in [-0.05, 0) is 50.3 Å². The molecule has 1 aromatic carbocycles. The lowest BCUT2D eigenvalue weighted by atomic mass is 9.99. The van der Waals surface area contributed by atoms with Crippen LogP contribution in [0.3, 0.4) is 0 Å². The topological polar surface area (TPSA) is 29.3 Å². The van der Waals surface area contributed by atoms with Crippen molar-refractivity contribution in [1.29, 1.82) is 0 Å². The third kappa shape index (κ3) is 4.07. The monoisotopic (exact) mass is 274 g/mol. The van der Waals surface area contributed by atoms with E-state index in [1.807, 2.05) is 0 Å². The standard InChI is InChI=1S/C18H30N2/c1-3-16-10-5-4-8-13-20(16)14-12-18(19)17-11-7-6-9-15(17)2/h6-7,9,11,16,18H,3-5,8,10,12-14,19H2,1-2H3. The van der Waals surface area contributed by atoms with Gasteiger partial charge in [-0.15, -0.1) is 0 Å². The number of nitrogens with two attached hydrogens (primary N) is 1. The third-order valence-electron chi connectivity index (χ3n) is 4.79. The van der Waals surface area contributed by atoms with Gasteiger partial charge in [0.25, 0.3) is 0 Å². The molecular weight excluding hydrogens is 244 g/mol. The Bertz CT molecular complexity index is 402. The first-order valence-corrected chi connectivity index (χ1v) is 8.27. The van der Waals surface area contributed by atoms with Gasteiger partial charge in [0.15, 0.2) is 0 Å². The molecule has 0 saturated carbocycles. The molecule has 1 saturated heterocycles. The fourth-order valence-corrected chi connectivity index (χ4v) is 3.46. The minimum atomic E-state index is 0.178. The van der Waals surface area contributed by atoms with Crippen LogP contribution in [0.4, 0.5) is 0 Å². The zero-order valence-corrected chi connectivity index (χ0v) is 13.1. The van der Waals surface area contributed by atoms with E-state index in [0.29, 0.717) is 0 Å². The van der Waals surface area contributed by atoms with E-state index in [9.17, 15) is 0 Å². The largest absolute Gasteiger partial charge is 0.324 e.